The van der Waals surface area contributed by atoms with E-state index in [4.69, 9.17) is 5.41 Å². The van der Waals surface area contributed by atoms with Gasteiger partial charge in [0.2, 0.25) is 0 Å². The molecule has 0 bridgehead atoms. The Kier molecular flexibility index (Phi) is 5.64. The van der Waals surface area contributed by atoms with Gasteiger partial charge in [0, 0.05) is 20.1 Å². The van der Waals surface area contributed by atoms with Gasteiger partial charge in [-0.1, -0.05) is 29.3 Å². The maximum Gasteiger partial charge on any atom is 0.323 e. The largest absolute Gasteiger partial charge is 0.323 e. The number of aromatic nitrogens is 3. The van der Waals surface area contributed by atoms with Crippen molar-refractivity contribution in [1.29, 1.82) is 5.41 Å². The molecular weight excluding hydrogens is 416 g/mol. The first-order valence-electron chi connectivity index (χ1n) is 8.95. The van der Waals surface area contributed by atoms with Gasteiger partial charge < -0.3 is 5.41 Å². The predicted molar refractivity (Wildman–Crippen MR) is 108 cm³/mol. The standard InChI is InChI=1S/C17H24N6O4S2/c1-12-7-13(2)9-14(8-12)16(18)10-22(15-5-6-15)28(24,25)17-19-11-23(20-17)29(26,27)21(3)4/h7-9,11,15,18H,5-6,10H2,1-4H3. The van der Waals surface area contributed by atoms with Crippen LogP contribution in [0.1, 0.15) is 29.5 Å². The van der Waals surface area contributed by atoms with E-state index in [2.05, 4.69) is 10.1 Å². The first kappa shape index (κ1) is 21.6. The SMILES string of the molecule is Cc1cc(C)cc(C(=N)CN(C2CC2)S(=O)(=O)c2ncn(S(=O)(=O)N(C)C)n2)c1. The Balaban J connectivity index is 1.91. The number of hydrogen-bond acceptors (Lipinski definition) is 7. The van der Waals surface area contributed by atoms with Gasteiger partial charge in [-0.05, 0) is 32.3 Å². The minimum atomic E-state index is -4.16. The van der Waals surface area contributed by atoms with Crippen LogP contribution in [0.4, 0.5) is 0 Å². The average molecular weight is 441 g/mol. The maximum atomic E-state index is 13.1. The number of nitrogens with zero attached hydrogens (tertiary/aromatic N) is 5. The molecule has 1 heterocycles. The van der Waals surface area contributed by atoms with Crippen molar-refractivity contribution in [3.63, 3.8) is 0 Å². The molecular formula is C17H24N6O4S2. The van der Waals surface area contributed by atoms with E-state index < -0.39 is 25.4 Å². The molecule has 1 fully saturated rings. The lowest BCUT2D eigenvalue weighted by atomic mass is 10.0. The van der Waals surface area contributed by atoms with E-state index in [1.165, 1.54) is 18.4 Å². The van der Waals surface area contributed by atoms with Gasteiger partial charge in [-0.25, -0.2) is 13.4 Å². The maximum absolute atomic E-state index is 13.1. The monoisotopic (exact) mass is 440 g/mol. The number of hydrogen-bond donors (Lipinski definition) is 1. The van der Waals surface area contributed by atoms with Crippen molar-refractivity contribution in [2.24, 2.45) is 0 Å². The second-order valence-electron chi connectivity index (χ2n) is 7.33. The Morgan fingerprint density at radius 3 is 2.24 bits per heavy atom. The van der Waals surface area contributed by atoms with Crippen LogP contribution in [0.25, 0.3) is 0 Å². The van der Waals surface area contributed by atoms with E-state index in [1.54, 1.807) is 0 Å². The Hall–Kier alpha value is -2.15. The molecule has 0 saturated heterocycles. The van der Waals surface area contributed by atoms with Gasteiger partial charge in [-0.3, -0.25) is 0 Å². The van der Waals surface area contributed by atoms with E-state index >= 15 is 0 Å². The molecule has 12 heteroatoms. The number of nitrogens with one attached hydrogen (secondary N) is 1. The summed E-state index contributed by atoms with van der Waals surface area (Å²) in [7, 11) is -5.51. The lowest BCUT2D eigenvalue weighted by molar-refractivity contribution is 0.437. The summed E-state index contributed by atoms with van der Waals surface area (Å²) in [5.74, 6) is 0. The van der Waals surface area contributed by atoms with Gasteiger partial charge in [0.05, 0.1) is 12.3 Å². The zero-order valence-electron chi connectivity index (χ0n) is 16.7. The summed E-state index contributed by atoms with van der Waals surface area (Å²) in [5.41, 5.74) is 2.78. The molecule has 10 nitrogen and oxygen atoms in total. The Labute approximate surface area is 170 Å². The van der Waals surface area contributed by atoms with Crippen LogP contribution in [-0.4, -0.2) is 72.0 Å². The zero-order valence-corrected chi connectivity index (χ0v) is 18.3. The van der Waals surface area contributed by atoms with E-state index in [0.29, 0.717) is 22.5 Å². The Morgan fingerprint density at radius 2 is 1.72 bits per heavy atom. The highest BCUT2D eigenvalue weighted by Crippen LogP contribution is 2.31. The summed E-state index contributed by atoms with van der Waals surface area (Å²) in [6.07, 6.45) is 2.22. The normalized spacial score (nSPS) is 15.2. The number of rotatable bonds is 8. The highest BCUT2D eigenvalue weighted by molar-refractivity contribution is 7.89. The topological polar surface area (TPSA) is 129 Å². The molecule has 1 N–H and O–H groups in total. The van der Waals surface area contributed by atoms with Crippen LogP contribution in [0.3, 0.4) is 0 Å². The van der Waals surface area contributed by atoms with Crippen molar-refractivity contribution < 1.29 is 16.8 Å². The predicted octanol–water partition coefficient (Wildman–Crippen LogP) is 0.771. The summed E-state index contributed by atoms with van der Waals surface area (Å²) in [6, 6.07) is 5.41. The van der Waals surface area contributed by atoms with Gasteiger partial charge in [-0.15, -0.1) is 9.19 Å². The molecule has 158 valence electrons. The molecule has 0 amide bonds. The summed E-state index contributed by atoms with van der Waals surface area (Å²) in [4.78, 5) is 3.72. The molecule has 0 spiro atoms. The van der Waals surface area contributed by atoms with Gasteiger partial charge >= 0.3 is 10.2 Å². The molecule has 0 radical (unpaired) electrons. The van der Waals surface area contributed by atoms with Crippen molar-refractivity contribution in [3.05, 3.63) is 41.2 Å². The molecule has 1 aromatic heterocycles. The average Bonchev–Trinajstić information content (AvgIpc) is 3.31. The summed E-state index contributed by atoms with van der Waals surface area (Å²) >= 11 is 0. The summed E-state index contributed by atoms with van der Waals surface area (Å²) in [6.45, 7) is 3.70. The van der Waals surface area contributed by atoms with Crippen molar-refractivity contribution in [2.75, 3.05) is 20.6 Å². The highest BCUT2D eigenvalue weighted by Gasteiger charge is 2.41. The Bertz CT molecular complexity index is 1130. The van der Waals surface area contributed by atoms with Crippen LogP contribution in [-0.2, 0) is 20.2 Å². The van der Waals surface area contributed by atoms with Crippen LogP contribution in [0.2, 0.25) is 0 Å². The third kappa shape index (κ3) is 4.39. The Morgan fingerprint density at radius 1 is 1.14 bits per heavy atom. The fraction of sp³-hybridized carbons (Fsp3) is 0.471. The lowest BCUT2D eigenvalue weighted by Gasteiger charge is -2.20. The molecule has 0 atom stereocenters. The van der Waals surface area contributed by atoms with Crippen molar-refractivity contribution in [3.8, 4) is 0 Å². The third-order valence-electron chi connectivity index (χ3n) is 4.53. The van der Waals surface area contributed by atoms with E-state index in [9.17, 15) is 16.8 Å². The zero-order chi connectivity index (χ0) is 21.6. The van der Waals surface area contributed by atoms with Crippen LogP contribution in [0, 0.1) is 19.3 Å². The summed E-state index contributed by atoms with van der Waals surface area (Å²) < 4.78 is 53.2. The first-order valence-corrected chi connectivity index (χ1v) is 11.8. The smallest absolute Gasteiger partial charge is 0.303 e. The van der Waals surface area contributed by atoms with E-state index in [-0.39, 0.29) is 18.3 Å². The minimum Gasteiger partial charge on any atom is -0.303 e. The molecule has 1 aromatic carbocycles. The molecule has 1 aliphatic carbocycles. The molecule has 2 aromatic rings. The minimum absolute atomic E-state index is 0.134. The molecule has 1 aliphatic rings. The molecule has 29 heavy (non-hydrogen) atoms. The van der Waals surface area contributed by atoms with Gasteiger partial charge in [0.1, 0.15) is 6.33 Å². The fourth-order valence-corrected chi connectivity index (χ4v) is 5.12. The van der Waals surface area contributed by atoms with Gasteiger partial charge in [0.15, 0.2) is 0 Å². The lowest BCUT2D eigenvalue weighted by Crippen LogP contribution is -2.38. The first-order chi connectivity index (χ1) is 13.4. The van der Waals surface area contributed by atoms with Crippen LogP contribution in [0.5, 0.6) is 0 Å². The quantitative estimate of drug-likeness (QED) is 0.604. The number of aryl methyl sites for hydroxylation is 2. The van der Waals surface area contributed by atoms with Gasteiger partial charge in [-0.2, -0.15) is 17.0 Å². The molecule has 1 saturated carbocycles. The van der Waals surface area contributed by atoms with Crippen LogP contribution in [0.15, 0.2) is 29.7 Å². The van der Waals surface area contributed by atoms with Crippen LogP contribution >= 0.6 is 0 Å². The molecule has 0 aliphatic heterocycles. The summed E-state index contributed by atoms with van der Waals surface area (Å²) in [5, 5.41) is 11.5. The van der Waals surface area contributed by atoms with Crippen molar-refractivity contribution in [2.45, 2.75) is 37.9 Å². The number of sulfonamides is 1. The fourth-order valence-electron chi connectivity index (χ4n) is 2.91. The van der Waals surface area contributed by atoms with Crippen LogP contribution < -0.4 is 0 Å². The second kappa shape index (κ2) is 7.59. The van der Waals surface area contributed by atoms with Crippen molar-refractivity contribution >= 4 is 25.9 Å². The molecule has 3 rings (SSSR count). The van der Waals surface area contributed by atoms with Gasteiger partial charge in [0.25, 0.3) is 15.2 Å². The second-order valence-corrected chi connectivity index (χ2v) is 11.1. The van der Waals surface area contributed by atoms with E-state index in [0.717, 1.165) is 21.8 Å². The highest BCUT2D eigenvalue weighted by atomic mass is 32.2. The van der Waals surface area contributed by atoms with Crippen molar-refractivity contribution in [1.82, 2.24) is 22.8 Å². The number of benzene rings is 1. The molecule has 0 unspecified atom stereocenters. The third-order valence-corrected chi connectivity index (χ3v) is 7.79. The van der Waals surface area contributed by atoms with E-state index in [1.807, 2.05) is 32.0 Å².